The normalized spacial score (nSPS) is 14.5. The Hall–Kier alpha value is -2.69. The van der Waals surface area contributed by atoms with Crippen LogP contribution in [0.5, 0.6) is 5.75 Å². The highest BCUT2D eigenvalue weighted by atomic mass is 35.5. The number of nitrogens with one attached hydrogen (secondary N) is 2. The van der Waals surface area contributed by atoms with E-state index in [0.29, 0.717) is 16.2 Å². The second-order valence-electron chi connectivity index (χ2n) is 7.75. The number of rotatable bonds is 7. The average molecular weight is 497 g/mol. The van der Waals surface area contributed by atoms with E-state index in [9.17, 15) is 14.4 Å². The molecule has 2 amide bonds. The number of amides is 2. The summed E-state index contributed by atoms with van der Waals surface area (Å²) in [6, 6.07) is 4.79. The van der Waals surface area contributed by atoms with Gasteiger partial charge >= 0.3 is 5.97 Å². The number of methoxy groups -OCH3 is 1. The van der Waals surface area contributed by atoms with E-state index >= 15 is 0 Å². The third-order valence-corrected chi connectivity index (χ3v) is 5.89. The Morgan fingerprint density at radius 2 is 2.00 bits per heavy atom. The van der Waals surface area contributed by atoms with Crippen LogP contribution in [0.2, 0.25) is 0 Å². The van der Waals surface area contributed by atoms with E-state index < -0.39 is 5.91 Å². The molecule has 0 spiro atoms. The molecule has 0 aliphatic carbocycles. The van der Waals surface area contributed by atoms with Gasteiger partial charge in [-0.2, -0.15) is 4.99 Å². The summed E-state index contributed by atoms with van der Waals surface area (Å²) in [4.78, 5) is 41.6. The molecule has 0 atom stereocenters. The summed E-state index contributed by atoms with van der Waals surface area (Å²) in [7, 11) is 1.45. The van der Waals surface area contributed by atoms with Gasteiger partial charge in [0, 0.05) is 29.2 Å². The van der Waals surface area contributed by atoms with Crippen LogP contribution in [0.1, 0.15) is 37.0 Å². The smallest absolute Gasteiger partial charge is 0.310 e. The minimum atomic E-state index is -0.496. The molecule has 33 heavy (non-hydrogen) atoms. The van der Waals surface area contributed by atoms with E-state index in [0.717, 1.165) is 25.9 Å². The lowest BCUT2D eigenvalue weighted by atomic mass is 9.99. The van der Waals surface area contributed by atoms with Crippen molar-refractivity contribution >= 4 is 47.2 Å². The number of aromatic nitrogens is 1. The van der Waals surface area contributed by atoms with Crippen LogP contribution >= 0.6 is 23.7 Å². The lowest BCUT2D eigenvalue weighted by molar-refractivity contribution is -0.153. The number of carbonyl (C=O) groups is 3. The van der Waals surface area contributed by atoms with E-state index in [1.54, 1.807) is 48.2 Å². The van der Waals surface area contributed by atoms with Gasteiger partial charge in [0.25, 0.3) is 5.91 Å². The summed E-state index contributed by atoms with van der Waals surface area (Å²) in [5.41, 5.74) is 0.801. The number of benzene rings is 1. The van der Waals surface area contributed by atoms with E-state index in [1.165, 1.54) is 18.4 Å². The Balaban J connectivity index is 0.00000385. The molecule has 11 heteroatoms. The molecule has 2 heterocycles. The van der Waals surface area contributed by atoms with Crippen LogP contribution in [-0.2, 0) is 21.1 Å². The molecule has 2 N–H and O–H groups in total. The second-order valence-corrected chi connectivity index (χ2v) is 8.62. The van der Waals surface area contributed by atoms with Gasteiger partial charge in [0.15, 0.2) is 11.5 Å². The molecule has 3 rings (SSSR count). The fourth-order valence-corrected chi connectivity index (χ4v) is 3.89. The maximum atomic E-state index is 12.8. The summed E-state index contributed by atoms with van der Waals surface area (Å²) in [6.07, 6.45) is 3.24. The van der Waals surface area contributed by atoms with Gasteiger partial charge in [-0.05, 0) is 38.1 Å². The van der Waals surface area contributed by atoms with Crippen molar-refractivity contribution < 1.29 is 23.9 Å². The molecule has 2 aromatic rings. The zero-order chi connectivity index (χ0) is 23.1. The molecule has 1 saturated heterocycles. The molecule has 0 saturated carbocycles. The van der Waals surface area contributed by atoms with Crippen LogP contribution in [0.15, 0.2) is 34.8 Å². The van der Waals surface area contributed by atoms with Gasteiger partial charge in [0.1, 0.15) is 5.75 Å². The van der Waals surface area contributed by atoms with Gasteiger partial charge in [-0.25, -0.2) is 0 Å². The first-order valence-corrected chi connectivity index (χ1v) is 11.4. The lowest BCUT2D eigenvalue weighted by Gasteiger charge is -2.20. The minimum Gasteiger partial charge on any atom is -0.496 e. The second kappa shape index (κ2) is 12.5. The molecule has 0 radical (unpaired) electrons. The monoisotopic (exact) mass is 496 g/mol. The van der Waals surface area contributed by atoms with Crippen molar-refractivity contribution in [1.82, 2.24) is 9.88 Å². The number of esters is 1. The molecule has 1 fully saturated rings. The maximum Gasteiger partial charge on any atom is 0.310 e. The molecule has 9 nitrogen and oxygen atoms in total. The first-order chi connectivity index (χ1) is 15.4. The van der Waals surface area contributed by atoms with Gasteiger partial charge in [-0.3, -0.25) is 19.0 Å². The summed E-state index contributed by atoms with van der Waals surface area (Å²) >= 11 is 1.26. The third-order valence-electron chi connectivity index (χ3n) is 5.10. The molecular weight excluding hydrogens is 468 g/mol. The molecular formula is C22H29ClN4O5S. The molecule has 180 valence electrons. The van der Waals surface area contributed by atoms with Crippen LogP contribution in [0.4, 0.5) is 5.69 Å². The van der Waals surface area contributed by atoms with Crippen molar-refractivity contribution in [3.8, 4) is 5.75 Å². The number of hydrogen-bond acceptors (Lipinski definition) is 7. The SMILES string of the molecule is COc1cc(NC(=O)C(C)C)ccc1C(=O)/N=c1\sccn1COC(=O)C1CCNCC1.Cl. The number of hydrogen-bond donors (Lipinski definition) is 2. The number of anilines is 1. The highest BCUT2D eigenvalue weighted by molar-refractivity contribution is 7.07. The Morgan fingerprint density at radius 1 is 1.27 bits per heavy atom. The molecule has 0 unspecified atom stereocenters. The van der Waals surface area contributed by atoms with Crippen molar-refractivity contribution in [2.75, 3.05) is 25.5 Å². The van der Waals surface area contributed by atoms with Crippen molar-refractivity contribution in [2.24, 2.45) is 16.8 Å². The van der Waals surface area contributed by atoms with E-state index in [2.05, 4.69) is 15.6 Å². The summed E-state index contributed by atoms with van der Waals surface area (Å²) < 4.78 is 12.4. The topological polar surface area (TPSA) is 111 Å². The first-order valence-electron chi connectivity index (χ1n) is 10.5. The number of piperidine rings is 1. The number of ether oxygens (including phenoxy) is 2. The predicted molar refractivity (Wildman–Crippen MR) is 128 cm³/mol. The molecule has 1 aliphatic rings. The van der Waals surface area contributed by atoms with Gasteiger partial charge in [0.05, 0.1) is 18.6 Å². The zero-order valence-corrected chi connectivity index (χ0v) is 20.5. The Labute approximate surface area is 202 Å². The van der Waals surface area contributed by atoms with E-state index in [1.807, 2.05) is 0 Å². The Kier molecular flexibility index (Phi) is 10.1. The van der Waals surface area contributed by atoms with Crippen molar-refractivity contribution in [2.45, 2.75) is 33.4 Å². The van der Waals surface area contributed by atoms with Crippen LogP contribution in [0, 0.1) is 11.8 Å². The van der Waals surface area contributed by atoms with Crippen LogP contribution in [0.3, 0.4) is 0 Å². The average Bonchev–Trinajstić information content (AvgIpc) is 3.24. The molecule has 1 aromatic carbocycles. The van der Waals surface area contributed by atoms with Crippen molar-refractivity contribution in [1.29, 1.82) is 0 Å². The molecule has 0 bridgehead atoms. The highest BCUT2D eigenvalue weighted by Gasteiger charge is 2.22. The standard InChI is InChI=1S/C22H28N4O5S.ClH/c1-14(2)19(27)24-16-4-5-17(18(12-16)30-3)20(28)25-22-26(10-11-32-22)13-31-21(29)15-6-8-23-9-7-15;/h4-5,10-12,14-15,23H,6-9,13H2,1-3H3,(H,24,27);1H/b25-22-;. The first kappa shape index (κ1) is 26.6. The molecule has 1 aliphatic heterocycles. The predicted octanol–water partition coefficient (Wildman–Crippen LogP) is 2.82. The zero-order valence-electron chi connectivity index (χ0n) is 18.8. The van der Waals surface area contributed by atoms with Crippen LogP contribution < -0.4 is 20.2 Å². The largest absolute Gasteiger partial charge is 0.496 e. The summed E-state index contributed by atoms with van der Waals surface area (Å²) in [6.45, 7) is 5.20. The van der Waals surface area contributed by atoms with Gasteiger partial charge in [-0.15, -0.1) is 23.7 Å². The highest BCUT2D eigenvalue weighted by Crippen LogP contribution is 2.24. The quantitative estimate of drug-likeness (QED) is 0.570. The Bertz CT molecular complexity index is 1040. The lowest BCUT2D eigenvalue weighted by Crippen LogP contribution is -2.33. The van der Waals surface area contributed by atoms with Crippen LogP contribution in [-0.4, -0.2) is 42.6 Å². The third kappa shape index (κ3) is 7.15. The van der Waals surface area contributed by atoms with Gasteiger partial charge in [0.2, 0.25) is 5.91 Å². The van der Waals surface area contributed by atoms with Crippen LogP contribution in [0.25, 0.3) is 0 Å². The van der Waals surface area contributed by atoms with Gasteiger partial charge < -0.3 is 20.1 Å². The van der Waals surface area contributed by atoms with Crippen molar-refractivity contribution in [3.63, 3.8) is 0 Å². The minimum absolute atomic E-state index is 0. The number of halogens is 1. The van der Waals surface area contributed by atoms with E-state index in [4.69, 9.17) is 9.47 Å². The molecule has 1 aromatic heterocycles. The number of carbonyl (C=O) groups excluding carboxylic acids is 3. The van der Waals surface area contributed by atoms with Gasteiger partial charge in [-0.1, -0.05) is 13.8 Å². The summed E-state index contributed by atoms with van der Waals surface area (Å²) in [5, 5.41) is 7.76. The number of nitrogens with zero attached hydrogens (tertiary/aromatic N) is 2. The number of thiazole rings is 1. The fraction of sp³-hybridized carbons (Fsp3) is 0.455. The maximum absolute atomic E-state index is 12.8. The van der Waals surface area contributed by atoms with Crippen molar-refractivity contribution in [3.05, 3.63) is 40.1 Å². The fourth-order valence-electron chi connectivity index (χ4n) is 3.17. The summed E-state index contributed by atoms with van der Waals surface area (Å²) in [5.74, 6) is -0.824. The van der Waals surface area contributed by atoms with E-state index in [-0.39, 0.29) is 48.4 Å². The Morgan fingerprint density at radius 3 is 2.67 bits per heavy atom.